The predicted molar refractivity (Wildman–Crippen MR) is 85.7 cm³/mol. The number of hydrogen-bond donors (Lipinski definition) is 1. The minimum absolute atomic E-state index is 0.511. The van der Waals surface area contributed by atoms with Crippen LogP contribution in [0.15, 0.2) is 28.7 Å². The van der Waals surface area contributed by atoms with Gasteiger partial charge in [0.2, 0.25) is 0 Å². The first-order valence-corrected chi connectivity index (χ1v) is 8.07. The second-order valence-electron chi connectivity index (χ2n) is 5.01. The zero-order valence-corrected chi connectivity index (χ0v) is 13.7. The first-order chi connectivity index (χ1) is 9.22. The predicted octanol–water partition coefficient (Wildman–Crippen LogP) is 4.18. The highest BCUT2D eigenvalue weighted by molar-refractivity contribution is 9.10. The number of hydrogen-bond acceptors (Lipinski definition) is 2. The topological polar surface area (TPSA) is 21.3 Å². The summed E-state index contributed by atoms with van der Waals surface area (Å²) in [5.41, 5.74) is 1.38. The third-order valence-electron chi connectivity index (χ3n) is 3.06. The van der Waals surface area contributed by atoms with Gasteiger partial charge in [-0.05, 0) is 50.4 Å². The molecule has 0 fully saturated rings. The van der Waals surface area contributed by atoms with E-state index in [1.54, 1.807) is 0 Å². The third-order valence-corrected chi connectivity index (χ3v) is 3.58. The van der Waals surface area contributed by atoms with Crippen LogP contribution in [0.3, 0.4) is 0 Å². The van der Waals surface area contributed by atoms with Crippen molar-refractivity contribution in [2.24, 2.45) is 0 Å². The molecule has 0 amide bonds. The molecular weight excluding hydrogens is 302 g/mol. The van der Waals surface area contributed by atoms with Crippen molar-refractivity contribution in [1.82, 2.24) is 5.32 Å². The molecule has 0 aliphatic carbocycles. The molecule has 0 bridgehead atoms. The molecule has 0 saturated heterocycles. The molecule has 0 aliphatic rings. The standard InChI is InChI=1S/C16H26BrNO/c1-3-4-11-19-12-5-10-18-14(2)13-15-6-8-16(17)9-7-15/h6-9,14,18H,3-5,10-13H2,1-2H3. The second-order valence-corrected chi connectivity index (χ2v) is 5.92. The average molecular weight is 328 g/mol. The highest BCUT2D eigenvalue weighted by Crippen LogP contribution is 2.11. The average Bonchev–Trinajstić information content (AvgIpc) is 2.40. The van der Waals surface area contributed by atoms with Crippen molar-refractivity contribution in [3.05, 3.63) is 34.3 Å². The van der Waals surface area contributed by atoms with Crippen LogP contribution in [0.1, 0.15) is 38.7 Å². The van der Waals surface area contributed by atoms with E-state index in [0.717, 1.165) is 37.1 Å². The molecule has 0 spiro atoms. The van der Waals surface area contributed by atoms with Crippen LogP contribution < -0.4 is 5.32 Å². The van der Waals surface area contributed by atoms with Gasteiger partial charge in [-0.15, -0.1) is 0 Å². The van der Waals surface area contributed by atoms with Crippen molar-refractivity contribution >= 4 is 15.9 Å². The van der Waals surface area contributed by atoms with E-state index >= 15 is 0 Å². The Morgan fingerprint density at radius 2 is 1.84 bits per heavy atom. The number of halogens is 1. The Bertz CT molecular complexity index is 326. The summed E-state index contributed by atoms with van der Waals surface area (Å²) < 4.78 is 6.68. The van der Waals surface area contributed by atoms with Crippen LogP contribution in [0.5, 0.6) is 0 Å². The van der Waals surface area contributed by atoms with Crippen molar-refractivity contribution in [2.75, 3.05) is 19.8 Å². The van der Waals surface area contributed by atoms with E-state index in [1.165, 1.54) is 18.4 Å². The van der Waals surface area contributed by atoms with Crippen LogP contribution in [-0.4, -0.2) is 25.8 Å². The molecule has 3 heteroatoms. The van der Waals surface area contributed by atoms with Crippen molar-refractivity contribution in [2.45, 2.75) is 45.6 Å². The summed E-state index contributed by atoms with van der Waals surface area (Å²) in [7, 11) is 0. The van der Waals surface area contributed by atoms with Gasteiger partial charge in [0.15, 0.2) is 0 Å². The van der Waals surface area contributed by atoms with Gasteiger partial charge in [-0.25, -0.2) is 0 Å². The fourth-order valence-electron chi connectivity index (χ4n) is 1.92. The normalized spacial score (nSPS) is 12.6. The fraction of sp³-hybridized carbons (Fsp3) is 0.625. The van der Waals surface area contributed by atoms with Gasteiger partial charge in [0, 0.05) is 23.7 Å². The molecule has 1 N–H and O–H groups in total. The highest BCUT2D eigenvalue weighted by atomic mass is 79.9. The number of ether oxygens (including phenoxy) is 1. The first-order valence-electron chi connectivity index (χ1n) is 7.28. The Balaban J connectivity index is 2.04. The van der Waals surface area contributed by atoms with Crippen LogP contribution in [-0.2, 0) is 11.2 Å². The molecule has 1 unspecified atom stereocenters. The van der Waals surface area contributed by atoms with E-state index < -0.39 is 0 Å². The molecule has 0 heterocycles. The highest BCUT2D eigenvalue weighted by Gasteiger charge is 2.02. The Labute approximate surface area is 126 Å². The van der Waals surface area contributed by atoms with Crippen LogP contribution in [0.2, 0.25) is 0 Å². The Morgan fingerprint density at radius 1 is 1.16 bits per heavy atom. The number of rotatable bonds is 10. The number of benzene rings is 1. The van der Waals surface area contributed by atoms with E-state index in [2.05, 4.69) is 59.4 Å². The number of unbranched alkanes of at least 4 members (excludes halogenated alkanes) is 1. The van der Waals surface area contributed by atoms with E-state index in [0.29, 0.717) is 6.04 Å². The van der Waals surface area contributed by atoms with E-state index in [-0.39, 0.29) is 0 Å². The lowest BCUT2D eigenvalue weighted by atomic mass is 10.1. The maximum atomic E-state index is 5.54. The minimum atomic E-state index is 0.511. The van der Waals surface area contributed by atoms with Crippen LogP contribution >= 0.6 is 15.9 Å². The van der Waals surface area contributed by atoms with Gasteiger partial charge in [-0.2, -0.15) is 0 Å². The lowest BCUT2D eigenvalue weighted by Crippen LogP contribution is -2.29. The van der Waals surface area contributed by atoms with Gasteiger partial charge in [0.1, 0.15) is 0 Å². The summed E-state index contributed by atoms with van der Waals surface area (Å²) in [5, 5.41) is 3.54. The molecule has 1 rings (SSSR count). The molecule has 0 radical (unpaired) electrons. The zero-order chi connectivity index (χ0) is 13.9. The van der Waals surface area contributed by atoms with Gasteiger partial charge in [0.25, 0.3) is 0 Å². The third kappa shape index (κ3) is 8.40. The molecule has 108 valence electrons. The van der Waals surface area contributed by atoms with Crippen molar-refractivity contribution in [1.29, 1.82) is 0 Å². The van der Waals surface area contributed by atoms with Crippen LogP contribution in [0, 0.1) is 0 Å². The van der Waals surface area contributed by atoms with Gasteiger partial charge < -0.3 is 10.1 Å². The smallest absolute Gasteiger partial charge is 0.0478 e. The Hall–Kier alpha value is -0.380. The van der Waals surface area contributed by atoms with Crippen molar-refractivity contribution in [3.8, 4) is 0 Å². The lowest BCUT2D eigenvalue weighted by molar-refractivity contribution is 0.128. The summed E-state index contributed by atoms with van der Waals surface area (Å²) in [6.45, 7) is 7.24. The largest absolute Gasteiger partial charge is 0.381 e. The van der Waals surface area contributed by atoms with E-state index in [4.69, 9.17) is 4.74 Å². The maximum absolute atomic E-state index is 5.54. The molecule has 1 aromatic rings. The van der Waals surface area contributed by atoms with Gasteiger partial charge >= 0.3 is 0 Å². The van der Waals surface area contributed by atoms with E-state index in [9.17, 15) is 0 Å². The molecular formula is C16H26BrNO. The molecule has 0 aliphatic heterocycles. The molecule has 2 nitrogen and oxygen atoms in total. The summed E-state index contributed by atoms with van der Waals surface area (Å²) in [4.78, 5) is 0. The molecule has 0 saturated carbocycles. The van der Waals surface area contributed by atoms with Crippen LogP contribution in [0.4, 0.5) is 0 Å². The maximum Gasteiger partial charge on any atom is 0.0478 e. The fourth-order valence-corrected chi connectivity index (χ4v) is 2.18. The quantitative estimate of drug-likeness (QED) is 0.651. The minimum Gasteiger partial charge on any atom is -0.381 e. The summed E-state index contributed by atoms with van der Waals surface area (Å²) in [6, 6.07) is 9.07. The number of nitrogens with one attached hydrogen (secondary N) is 1. The monoisotopic (exact) mass is 327 g/mol. The summed E-state index contributed by atoms with van der Waals surface area (Å²) >= 11 is 3.46. The molecule has 19 heavy (non-hydrogen) atoms. The van der Waals surface area contributed by atoms with Gasteiger partial charge in [0.05, 0.1) is 0 Å². The van der Waals surface area contributed by atoms with Gasteiger partial charge in [-0.3, -0.25) is 0 Å². The second kappa shape index (κ2) is 10.4. The SMILES string of the molecule is CCCCOCCCNC(C)Cc1ccc(Br)cc1. The van der Waals surface area contributed by atoms with Gasteiger partial charge in [-0.1, -0.05) is 41.4 Å². The molecule has 1 aromatic carbocycles. The zero-order valence-electron chi connectivity index (χ0n) is 12.1. The first kappa shape index (κ1) is 16.7. The summed E-state index contributed by atoms with van der Waals surface area (Å²) in [5.74, 6) is 0. The van der Waals surface area contributed by atoms with E-state index in [1.807, 2.05) is 0 Å². The Kier molecular flexibility index (Phi) is 9.14. The van der Waals surface area contributed by atoms with Crippen molar-refractivity contribution in [3.63, 3.8) is 0 Å². The Morgan fingerprint density at radius 3 is 2.53 bits per heavy atom. The van der Waals surface area contributed by atoms with Crippen molar-refractivity contribution < 1.29 is 4.74 Å². The molecule has 1 atom stereocenters. The lowest BCUT2D eigenvalue weighted by Gasteiger charge is -2.14. The summed E-state index contributed by atoms with van der Waals surface area (Å²) in [6.07, 6.45) is 4.55. The van der Waals surface area contributed by atoms with Crippen LogP contribution in [0.25, 0.3) is 0 Å². The molecule has 0 aromatic heterocycles.